The van der Waals surface area contributed by atoms with E-state index in [9.17, 15) is 9.90 Å². The fraction of sp³-hybridized carbons (Fsp3) is 0.909. The van der Waals surface area contributed by atoms with Crippen LogP contribution in [0.4, 0.5) is 0 Å². The van der Waals surface area contributed by atoms with Gasteiger partial charge in [-0.1, -0.05) is 27.7 Å². The Bertz CT molecular complexity index is 183. The SMILES string of the molecule is CC(C)CC(O)CNC(=O)CSC(C)C. The largest absolute Gasteiger partial charge is 0.391 e. The molecule has 0 spiro atoms. The Kier molecular flexibility index (Phi) is 7.88. The lowest BCUT2D eigenvalue weighted by atomic mass is 10.1. The van der Waals surface area contributed by atoms with Gasteiger partial charge in [0.25, 0.3) is 0 Å². The topological polar surface area (TPSA) is 49.3 Å². The molecule has 0 rings (SSSR count). The van der Waals surface area contributed by atoms with E-state index in [1.807, 2.05) is 0 Å². The van der Waals surface area contributed by atoms with Gasteiger partial charge in [0.1, 0.15) is 0 Å². The van der Waals surface area contributed by atoms with Crippen LogP contribution in [0.3, 0.4) is 0 Å². The molecule has 90 valence electrons. The first-order chi connectivity index (χ1) is 6.91. The van der Waals surface area contributed by atoms with Gasteiger partial charge in [-0.25, -0.2) is 0 Å². The molecule has 0 fully saturated rings. The molecule has 1 unspecified atom stereocenters. The molecule has 0 aromatic heterocycles. The molecule has 0 radical (unpaired) electrons. The number of carbonyl (C=O) groups is 1. The van der Waals surface area contributed by atoms with E-state index >= 15 is 0 Å². The van der Waals surface area contributed by atoms with Crippen LogP contribution in [0, 0.1) is 5.92 Å². The molecule has 2 N–H and O–H groups in total. The molecule has 3 nitrogen and oxygen atoms in total. The van der Waals surface area contributed by atoms with Crippen LogP contribution in [-0.4, -0.2) is 34.7 Å². The van der Waals surface area contributed by atoms with Crippen molar-refractivity contribution in [1.82, 2.24) is 5.32 Å². The maximum absolute atomic E-state index is 11.3. The minimum Gasteiger partial charge on any atom is -0.391 e. The van der Waals surface area contributed by atoms with Gasteiger partial charge in [0.15, 0.2) is 0 Å². The molecule has 0 saturated heterocycles. The summed E-state index contributed by atoms with van der Waals surface area (Å²) in [6.45, 7) is 8.60. The third-order valence-corrected chi connectivity index (χ3v) is 2.92. The predicted molar refractivity (Wildman–Crippen MR) is 66.1 cm³/mol. The number of aliphatic hydroxyl groups excluding tert-OH is 1. The van der Waals surface area contributed by atoms with E-state index in [4.69, 9.17) is 0 Å². The molecule has 0 saturated carbocycles. The molecular formula is C11H23NO2S. The molecule has 4 heteroatoms. The summed E-state index contributed by atoms with van der Waals surface area (Å²) < 4.78 is 0. The third kappa shape index (κ3) is 10.1. The summed E-state index contributed by atoms with van der Waals surface area (Å²) in [6, 6.07) is 0. The first-order valence-electron chi connectivity index (χ1n) is 5.48. The number of hydrogen-bond acceptors (Lipinski definition) is 3. The van der Waals surface area contributed by atoms with Crippen LogP contribution in [0.5, 0.6) is 0 Å². The maximum atomic E-state index is 11.3. The molecule has 0 aliphatic heterocycles. The lowest BCUT2D eigenvalue weighted by molar-refractivity contribution is -0.119. The van der Waals surface area contributed by atoms with E-state index in [1.54, 1.807) is 11.8 Å². The molecule has 0 aromatic rings. The first kappa shape index (κ1) is 14.8. The standard InChI is InChI=1S/C11H23NO2S/c1-8(2)5-10(13)6-12-11(14)7-15-9(3)4/h8-10,13H,5-7H2,1-4H3,(H,12,14). The number of aliphatic hydroxyl groups is 1. The zero-order valence-corrected chi connectivity index (χ0v) is 10.9. The van der Waals surface area contributed by atoms with Crippen molar-refractivity contribution in [3.05, 3.63) is 0 Å². The van der Waals surface area contributed by atoms with Crippen LogP contribution in [0.2, 0.25) is 0 Å². The average Bonchev–Trinajstić information content (AvgIpc) is 2.10. The number of amides is 1. The van der Waals surface area contributed by atoms with Crippen LogP contribution in [-0.2, 0) is 4.79 Å². The van der Waals surface area contributed by atoms with Crippen LogP contribution in [0.15, 0.2) is 0 Å². The van der Waals surface area contributed by atoms with Crippen LogP contribution in [0.25, 0.3) is 0 Å². The van der Waals surface area contributed by atoms with Gasteiger partial charge in [-0.3, -0.25) is 4.79 Å². The molecule has 0 heterocycles. The van der Waals surface area contributed by atoms with Crippen molar-refractivity contribution in [2.24, 2.45) is 5.92 Å². The minimum atomic E-state index is -0.419. The van der Waals surface area contributed by atoms with Gasteiger partial charge in [-0.05, 0) is 17.6 Å². The predicted octanol–water partition coefficient (Wildman–Crippen LogP) is 1.65. The van der Waals surface area contributed by atoms with E-state index in [-0.39, 0.29) is 5.91 Å². The van der Waals surface area contributed by atoms with Crippen molar-refractivity contribution >= 4 is 17.7 Å². The highest BCUT2D eigenvalue weighted by atomic mass is 32.2. The number of carbonyl (C=O) groups excluding carboxylic acids is 1. The minimum absolute atomic E-state index is 0.0107. The fourth-order valence-corrected chi connectivity index (χ4v) is 1.74. The van der Waals surface area contributed by atoms with Crippen molar-refractivity contribution in [3.8, 4) is 0 Å². The van der Waals surface area contributed by atoms with E-state index in [1.165, 1.54) is 0 Å². The van der Waals surface area contributed by atoms with Crippen LogP contribution >= 0.6 is 11.8 Å². The van der Waals surface area contributed by atoms with Crippen molar-refractivity contribution in [3.63, 3.8) is 0 Å². The Labute approximate surface area is 97.0 Å². The number of hydrogen-bond donors (Lipinski definition) is 2. The Balaban J connectivity index is 3.53. The summed E-state index contributed by atoms with van der Waals surface area (Å²) in [5, 5.41) is 12.7. The fourth-order valence-electron chi connectivity index (χ4n) is 1.15. The highest BCUT2D eigenvalue weighted by Crippen LogP contribution is 2.08. The Morgan fingerprint density at radius 2 is 1.93 bits per heavy atom. The lowest BCUT2D eigenvalue weighted by Crippen LogP contribution is -2.34. The van der Waals surface area contributed by atoms with Crippen LogP contribution < -0.4 is 5.32 Å². The van der Waals surface area contributed by atoms with Crippen molar-refractivity contribution < 1.29 is 9.90 Å². The van der Waals surface area contributed by atoms with E-state index in [0.717, 1.165) is 6.42 Å². The van der Waals surface area contributed by atoms with Gasteiger partial charge >= 0.3 is 0 Å². The molecule has 1 amide bonds. The van der Waals surface area contributed by atoms with Crippen LogP contribution in [0.1, 0.15) is 34.1 Å². The van der Waals surface area contributed by atoms with Gasteiger partial charge in [0, 0.05) is 6.54 Å². The zero-order chi connectivity index (χ0) is 11.8. The lowest BCUT2D eigenvalue weighted by Gasteiger charge is -2.14. The van der Waals surface area contributed by atoms with E-state index in [0.29, 0.717) is 23.5 Å². The third-order valence-electron chi connectivity index (χ3n) is 1.83. The number of thioether (sulfide) groups is 1. The first-order valence-corrected chi connectivity index (χ1v) is 6.53. The quantitative estimate of drug-likeness (QED) is 0.703. The van der Waals surface area contributed by atoms with Crippen molar-refractivity contribution in [2.75, 3.05) is 12.3 Å². The molecule has 0 bridgehead atoms. The zero-order valence-electron chi connectivity index (χ0n) is 10.1. The molecular weight excluding hydrogens is 210 g/mol. The van der Waals surface area contributed by atoms with Crippen molar-refractivity contribution in [2.45, 2.75) is 45.5 Å². The Morgan fingerprint density at radius 3 is 2.40 bits per heavy atom. The normalized spacial score (nSPS) is 13.3. The Morgan fingerprint density at radius 1 is 1.33 bits per heavy atom. The van der Waals surface area contributed by atoms with Gasteiger partial charge in [0.2, 0.25) is 5.91 Å². The second-order valence-corrected chi connectivity index (χ2v) is 6.01. The molecule has 0 aliphatic carbocycles. The van der Waals surface area contributed by atoms with Gasteiger partial charge in [-0.2, -0.15) is 0 Å². The average molecular weight is 233 g/mol. The second-order valence-electron chi connectivity index (χ2n) is 4.45. The maximum Gasteiger partial charge on any atom is 0.230 e. The smallest absolute Gasteiger partial charge is 0.230 e. The van der Waals surface area contributed by atoms with Gasteiger partial charge in [-0.15, -0.1) is 11.8 Å². The summed E-state index contributed by atoms with van der Waals surface area (Å²) in [7, 11) is 0. The second kappa shape index (κ2) is 7.99. The summed E-state index contributed by atoms with van der Waals surface area (Å²) in [6.07, 6.45) is 0.315. The van der Waals surface area contributed by atoms with Gasteiger partial charge in [0.05, 0.1) is 11.9 Å². The molecule has 15 heavy (non-hydrogen) atoms. The van der Waals surface area contributed by atoms with Gasteiger partial charge < -0.3 is 10.4 Å². The molecule has 0 aliphatic rings. The highest BCUT2D eigenvalue weighted by molar-refractivity contribution is 8.00. The highest BCUT2D eigenvalue weighted by Gasteiger charge is 2.09. The summed E-state index contributed by atoms with van der Waals surface area (Å²) in [5.74, 6) is 0.949. The number of rotatable bonds is 7. The summed E-state index contributed by atoms with van der Waals surface area (Å²) in [5.41, 5.74) is 0. The number of nitrogens with one attached hydrogen (secondary N) is 1. The molecule has 1 atom stereocenters. The van der Waals surface area contributed by atoms with E-state index in [2.05, 4.69) is 33.0 Å². The van der Waals surface area contributed by atoms with Crippen molar-refractivity contribution in [1.29, 1.82) is 0 Å². The summed E-state index contributed by atoms with van der Waals surface area (Å²) in [4.78, 5) is 11.3. The molecule has 0 aromatic carbocycles. The summed E-state index contributed by atoms with van der Waals surface area (Å²) >= 11 is 1.61. The Hall–Kier alpha value is -0.220. The van der Waals surface area contributed by atoms with E-state index < -0.39 is 6.10 Å². The monoisotopic (exact) mass is 233 g/mol.